The van der Waals surface area contributed by atoms with Gasteiger partial charge in [-0.2, -0.15) is 4.91 Å². The van der Waals surface area contributed by atoms with Gasteiger partial charge in [0.05, 0.1) is 12.6 Å². The molecule has 1 unspecified atom stereocenters. The van der Waals surface area contributed by atoms with E-state index in [2.05, 4.69) is 31.2 Å². The van der Waals surface area contributed by atoms with E-state index in [-0.39, 0.29) is 25.1 Å². The molecule has 5 heteroatoms. The lowest BCUT2D eigenvalue weighted by atomic mass is 9.96. The lowest BCUT2D eigenvalue weighted by molar-refractivity contribution is 0.0562. The summed E-state index contributed by atoms with van der Waals surface area (Å²) in [6, 6.07) is 13.5. The number of carbonyl (C=O) groups excluding carboxylic acids is 1. The number of nitrogens with zero attached hydrogens (tertiary/aromatic N) is 2. The quantitative estimate of drug-likeness (QED) is 0.795. The standard InChI is InChI=1S/C23H28N2O3/c1-16-6-4-8-21(17(16)2)18-9-11-19(12-10-18)22(27)25-15-23(3,24-28)13-5-7-20(25)14-26/h4,6,8-12,20,26H,5,7,13-15H2,1-3H3/t20-,23?/m0/s1. The van der Waals surface area contributed by atoms with Crippen LogP contribution in [0.5, 0.6) is 0 Å². The number of hydrogen-bond acceptors (Lipinski definition) is 4. The topological polar surface area (TPSA) is 70.0 Å². The molecule has 2 atom stereocenters. The first-order valence-corrected chi connectivity index (χ1v) is 9.81. The van der Waals surface area contributed by atoms with Crippen LogP contribution in [0.4, 0.5) is 0 Å². The molecule has 2 aromatic carbocycles. The Hall–Kier alpha value is -2.53. The lowest BCUT2D eigenvalue weighted by Crippen LogP contribution is -2.47. The van der Waals surface area contributed by atoms with E-state index >= 15 is 0 Å². The molecule has 1 aliphatic rings. The molecule has 1 heterocycles. The maximum atomic E-state index is 13.2. The maximum absolute atomic E-state index is 13.2. The predicted molar refractivity (Wildman–Crippen MR) is 111 cm³/mol. The van der Waals surface area contributed by atoms with E-state index in [0.29, 0.717) is 18.4 Å². The molecule has 2 aromatic rings. The highest BCUT2D eigenvalue weighted by Gasteiger charge is 2.37. The minimum absolute atomic E-state index is 0.110. The summed E-state index contributed by atoms with van der Waals surface area (Å²) < 4.78 is 0. The van der Waals surface area contributed by atoms with E-state index in [1.165, 1.54) is 11.1 Å². The first kappa shape index (κ1) is 20.2. The maximum Gasteiger partial charge on any atom is 0.254 e. The Balaban J connectivity index is 1.88. The Morgan fingerprint density at radius 1 is 1.21 bits per heavy atom. The molecular formula is C23H28N2O3. The van der Waals surface area contributed by atoms with Crippen molar-refractivity contribution < 1.29 is 9.90 Å². The summed E-state index contributed by atoms with van der Waals surface area (Å²) in [5.74, 6) is -0.164. The number of aryl methyl sites for hydroxylation is 1. The van der Waals surface area contributed by atoms with Gasteiger partial charge in [-0.25, -0.2) is 0 Å². The zero-order valence-electron chi connectivity index (χ0n) is 16.8. The Labute approximate surface area is 166 Å². The van der Waals surface area contributed by atoms with Crippen LogP contribution in [0.2, 0.25) is 0 Å². The van der Waals surface area contributed by atoms with Gasteiger partial charge in [0.1, 0.15) is 5.54 Å². The van der Waals surface area contributed by atoms with Crippen molar-refractivity contribution >= 4 is 5.91 Å². The molecule has 0 spiro atoms. The number of aliphatic hydroxyl groups excluding tert-OH is 1. The summed E-state index contributed by atoms with van der Waals surface area (Å²) in [4.78, 5) is 26.1. The third-order valence-electron chi connectivity index (χ3n) is 5.94. The molecular weight excluding hydrogens is 352 g/mol. The Kier molecular flexibility index (Phi) is 5.94. The van der Waals surface area contributed by atoms with Crippen molar-refractivity contribution in [3.05, 3.63) is 64.1 Å². The number of hydrogen-bond donors (Lipinski definition) is 1. The minimum atomic E-state index is -0.807. The fraction of sp³-hybridized carbons (Fsp3) is 0.435. The predicted octanol–water partition coefficient (Wildman–Crippen LogP) is 4.48. The smallest absolute Gasteiger partial charge is 0.254 e. The van der Waals surface area contributed by atoms with E-state index in [1.54, 1.807) is 11.8 Å². The number of likely N-dealkylation sites (tertiary alicyclic amines) is 1. The van der Waals surface area contributed by atoms with Gasteiger partial charge in [-0.3, -0.25) is 4.79 Å². The Morgan fingerprint density at radius 3 is 2.57 bits per heavy atom. The molecule has 0 radical (unpaired) electrons. The van der Waals surface area contributed by atoms with Crippen molar-refractivity contribution in [1.29, 1.82) is 0 Å². The monoisotopic (exact) mass is 380 g/mol. The highest BCUT2D eigenvalue weighted by atomic mass is 16.3. The van der Waals surface area contributed by atoms with E-state index in [9.17, 15) is 14.8 Å². The fourth-order valence-corrected chi connectivity index (χ4v) is 3.97. The van der Waals surface area contributed by atoms with Crippen LogP contribution in [0.3, 0.4) is 0 Å². The molecule has 3 rings (SSSR count). The third kappa shape index (κ3) is 3.99. The molecule has 5 nitrogen and oxygen atoms in total. The molecule has 1 N–H and O–H groups in total. The Bertz CT molecular complexity index is 863. The van der Waals surface area contributed by atoms with Gasteiger partial charge in [0.25, 0.3) is 5.91 Å². The van der Waals surface area contributed by atoms with Gasteiger partial charge < -0.3 is 10.0 Å². The van der Waals surface area contributed by atoms with Gasteiger partial charge in [-0.1, -0.05) is 35.5 Å². The fourth-order valence-electron chi connectivity index (χ4n) is 3.97. The van der Waals surface area contributed by atoms with Gasteiger partial charge in [-0.15, -0.1) is 0 Å². The van der Waals surface area contributed by atoms with Gasteiger partial charge in [0.15, 0.2) is 0 Å². The number of benzene rings is 2. The molecule has 1 fully saturated rings. The molecule has 28 heavy (non-hydrogen) atoms. The normalized spacial score (nSPS) is 22.6. The summed E-state index contributed by atoms with van der Waals surface area (Å²) in [6.45, 7) is 6.09. The highest BCUT2D eigenvalue weighted by molar-refractivity contribution is 5.95. The van der Waals surface area contributed by atoms with Crippen LogP contribution < -0.4 is 0 Å². The van der Waals surface area contributed by atoms with Crippen LogP contribution in [0, 0.1) is 18.8 Å². The molecule has 0 aromatic heterocycles. The van der Waals surface area contributed by atoms with E-state index in [0.717, 1.165) is 17.5 Å². The van der Waals surface area contributed by atoms with Crippen molar-refractivity contribution in [1.82, 2.24) is 4.90 Å². The van der Waals surface area contributed by atoms with E-state index in [4.69, 9.17) is 0 Å². The average molecular weight is 380 g/mol. The van der Waals surface area contributed by atoms with Crippen LogP contribution in [0.25, 0.3) is 11.1 Å². The molecule has 1 amide bonds. The third-order valence-corrected chi connectivity index (χ3v) is 5.94. The summed E-state index contributed by atoms with van der Waals surface area (Å²) >= 11 is 0. The average Bonchev–Trinajstić information content (AvgIpc) is 2.89. The lowest BCUT2D eigenvalue weighted by Gasteiger charge is -2.32. The molecule has 0 aliphatic carbocycles. The highest BCUT2D eigenvalue weighted by Crippen LogP contribution is 2.30. The first-order chi connectivity index (χ1) is 13.4. The zero-order valence-corrected chi connectivity index (χ0v) is 16.8. The van der Waals surface area contributed by atoms with Crippen LogP contribution in [0.15, 0.2) is 47.6 Å². The molecule has 148 valence electrons. The molecule has 1 aliphatic heterocycles. The van der Waals surface area contributed by atoms with Crippen LogP contribution in [-0.4, -0.2) is 40.6 Å². The molecule has 0 saturated carbocycles. The zero-order chi connectivity index (χ0) is 20.3. The van der Waals surface area contributed by atoms with Gasteiger partial charge in [0.2, 0.25) is 0 Å². The van der Waals surface area contributed by atoms with Crippen molar-refractivity contribution in [2.75, 3.05) is 13.2 Å². The van der Waals surface area contributed by atoms with Crippen molar-refractivity contribution in [2.45, 2.75) is 51.6 Å². The summed E-state index contributed by atoms with van der Waals surface area (Å²) in [5.41, 5.74) is 4.42. The Morgan fingerprint density at radius 2 is 1.93 bits per heavy atom. The summed E-state index contributed by atoms with van der Waals surface area (Å²) in [6.07, 6.45) is 2.07. The number of rotatable bonds is 4. The first-order valence-electron chi connectivity index (χ1n) is 9.81. The van der Waals surface area contributed by atoms with E-state index in [1.807, 2.05) is 30.3 Å². The van der Waals surface area contributed by atoms with Crippen LogP contribution in [-0.2, 0) is 0 Å². The summed E-state index contributed by atoms with van der Waals surface area (Å²) in [5, 5.41) is 13.1. The number of nitroso groups, excluding NO2 is 1. The number of amides is 1. The van der Waals surface area contributed by atoms with Gasteiger partial charge in [-0.05, 0) is 74.4 Å². The summed E-state index contributed by atoms with van der Waals surface area (Å²) in [7, 11) is 0. The SMILES string of the molecule is Cc1cccc(-c2ccc(C(=O)N3CC(C)(N=O)CCC[C@H]3CO)cc2)c1C. The van der Waals surface area contributed by atoms with Gasteiger partial charge in [0, 0.05) is 12.1 Å². The van der Waals surface area contributed by atoms with Gasteiger partial charge >= 0.3 is 0 Å². The second kappa shape index (κ2) is 8.23. The second-order valence-electron chi connectivity index (χ2n) is 8.07. The number of carbonyl (C=O) groups is 1. The van der Waals surface area contributed by atoms with Crippen molar-refractivity contribution in [3.8, 4) is 11.1 Å². The second-order valence-corrected chi connectivity index (χ2v) is 8.07. The van der Waals surface area contributed by atoms with Crippen molar-refractivity contribution in [3.63, 3.8) is 0 Å². The van der Waals surface area contributed by atoms with Crippen LogP contribution in [0.1, 0.15) is 47.7 Å². The largest absolute Gasteiger partial charge is 0.394 e. The molecule has 0 bridgehead atoms. The van der Waals surface area contributed by atoms with Crippen molar-refractivity contribution in [2.24, 2.45) is 5.18 Å². The van der Waals surface area contributed by atoms with Crippen LogP contribution >= 0.6 is 0 Å². The minimum Gasteiger partial charge on any atom is -0.394 e. The van der Waals surface area contributed by atoms with E-state index < -0.39 is 5.54 Å². The molecule has 1 saturated heterocycles. The number of aliphatic hydroxyl groups is 1.